The first kappa shape index (κ1) is 11.9. The van der Waals surface area contributed by atoms with Gasteiger partial charge in [-0.1, -0.05) is 6.58 Å². The van der Waals surface area contributed by atoms with E-state index in [-0.39, 0.29) is 5.57 Å². The van der Waals surface area contributed by atoms with E-state index in [1.165, 1.54) is 6.92 Å². The molecule has 0 aromatic carbocycles. The molecule has 0 spiro atoms. The Hall–Kier alpha value is -2.11. The second-order valence-corrected chi connectivity index (χ2v) is 2.45. The van der Waals surface area contributed by atoms with Crippen molar-refractivity contribution in [2.45, 2.75) is 6.92 Å². The Morgan fingerprint density at radius 1 is 0.857 bits per heavy atom. The highest BCUT2D eigenvalue weighted by atomic mass is 16.4. The largest absolute Gasteiger partial charge is 0.478 e. The van der Waals surface area contributed by atoms with Gasteiger partial charge in [0.15, 0.2) is 5.57 Å². The van der Waals surface area contributed by atoms with Crippen molar-refractivity contribution in [3.05, 3.63) is 23.3 Å². The van der Waals surface area contributed by atoms with E-state index in [2.05, 4.69) is 6.58 Å². The topological polar surface area (TPSA) is 112 Å². The third-order valence-corrected chi connectivity index (χ3v) is 1.32. The molecule has 0 aromatic heterocycles. The number of aliphatic carboxylic acids is 3. The average Bonchev–Trinajstić information content (AvgIpc) is 1.96. The van der Waals surface area contributed by atoms with Crippen LogP contribution in [0.15, 0.2) is 23.3 Å². The fraction of sp³-hybridized carbons (Fsp3) is 0.125. The van der Waals surface area contributed by atoms with Crippen molar-refractivity contribution in [3.63, 3.8) is 0 Å². The number of carbonyl (C=O) groups is 3. The van der Waals surface area contributed by atoms with Gasteiger partial charge in [-0.05, 0) is 12.5 Å². The van der Waals surface area contributed by atoms with E-state index in [9.17, 15) is 14.4 Å². The first-order valence-corrected chi connectivity index (χ1v) is 3.39. The molecule has 0 saturated carbocycles. The van der Waals surface area contributed by atoms with Crippen molar-refractivity contribution in [2.75, 3.05) is 0 Å². The molecule has 6 nitrogen and oxygen atoms in total. The third-order valence-electron chi connectivity index (χ3n) is 1.32. The lowest BCUT2D eigenvalue weighted by Crippen LogP contribution is -2.18. The number of rotatable bonds is 4. The maximum Gasteiger partial charge on any atom is 0.344 e. The lowest BCUT2D eigenvalue weighted by atomic mass is 10.0. The summed E-state index contributed by atoms with van der Waals surface area (Å²) >= 11 is 0. The van der Waals surface area contributed by atoms with Gasteiger partial charge in [-0.15, -0.1) is 0 Å². The minimum absolute atomic E-state index is 0.127. The molecule has 0 saturated heterocycles. The van der Waals surface area contributed by atoms with Gasteiger partial charge in [0.25, 0.3) is 0 Å². The molecular formula is C8H8O6. The van der Waals surface area contributed by atoms with Crippen molar-refractivity contribution >= 4 is 17.9 Å². The Morgan fingerprint density at radius 2 is 1.14 bits per heavy atom. The maximum atomic E-state index is 10.5. The predicted octanol–water partition coefficient (Wildman–Crippen LogP) is 0.113. The molecule has 0 bridgehead atoms. The summed E-state index contributed by atoms with van der Waals surface area (Å²) in [5.41, 5.74) is -2.12. The Bertz CT molecular complexity index is 283. The summed E-state index contributed by atoms with van der Waals surface area (Å²) in [7, 11) is 0. The Kier molecular flexibility index (Phi) is 3.58. The summed E-state index contributed by atoms with van der Waals surface area (Å²) in [6.45, 7) is 4.41. The Morgan fingerprint density at radius 3 is 1.21 bits per heavy atom. The molecule has 0 aliphatic rings. The summed E-state index contributed by atoms with van der Waals surface area (Å²) in [4.78, 5) is 31.4. The highest BCUT2D eigenvalue weighted by Crippen LogP contribution is 2.14. The Labute approximate surface area is 78.8 Å². The van der Waals surface area contributed by atoms with E-state index in [1.54, 1.807) is 0 Å². The van der Waals surface area contributed by atoms with Crippen LogP contribution < -0.4 is 0 Å². The van der Waals surface area contributed by atoms with Gasteiger partial charge >= 0.3 is 17.9 Å². The number of hydrogen-bond donors (Lipinski definition) is 3. The van der Waals surface area contributed by atoms with E-state index in [0.717, 1.165) is 0 Å². The van der Waals surface area contributed by atoms with Crippen LogP contribution in [0, 0.1) is 0 Å². The summed E-state index contributed by atoms with van der Waals surface area (Å²) in [5.74, 6) is -5.24. The van der Waals surface area contributed by atoms with E-state index >= 15 is 0 Å². The molecule has 0 heterocycles. The van der Waals surface area contributed by atoms with Crippen LogP contribution in [0.4, 0.5) is 0 Å². The van der Waals surface area contributed by atoms with Crippen LogP contribution in [-0.2, 0) is 14.4 Å². The fourth-order valence-corrected chi connectivity index (χ4v) is 0.808. The molecule has 0 radical (unpaired) electrons. The van der Waals surface area contributed by atoms with Gasteiger partial charge < -0.3 is 15.3 Å². The van der Waals surface area contributed by atoms with Crippen LogP contribution in [-0.4, -0.2) is 33.2 Å². The Balaban J connectivity index is 5.76. The van der Waals surface area contributed by atoms with Crippen molar-refractivity contribution in [3.8, 4) is 0 Å². The number of carboxylic acids is 3. The van der Waals surface area contributed by atoms with Crippen LogP contribution in [0.1, 0.15) is 6.92 Å². The number of carboxylic acid groups (broad SMARTS) is 3. The molecule has 76 valence electrons. The molecule has 0 aliphatic carbocycles. The lowest BCUT2D eigenvalue weighted by Gasteiger charge is -2.03. The highest BCUT2D eigenvalue weighted by Gasteiger charge is 2.26. The summed E-state index contributed by atoms with van der Waals surface area (Å²) < 4.78 is 0. The van der Waals surface area contributed by atoms with Crippen LogP contribution in [0.25, 0.3) is 0 Å². The van der Waals surface area contributed by atoms with Crippen molar-refractivity contribution in [2.24, 2.45) is 0 Å². The van der Waals surface area contributed by atoms with Gasteiger partial charge in [0.2, 0.25) is 0 Å². The summed E-state index contributed by atoms with van der Waals surface area (Å²) in [6, 6.07) is 0. The molecule has 14 heavy (non-hydrogen) atoms. The molecule has 0 unspecified atom stereocenters. The maximum absolute atomic E-state index is 10.5. The first-order chi connectivity index (χ1) is 6.29. The number of hydrogen-bond acceptors (Lipinski definition) is 3. The zero-order valence-electron chi connectivity index (χ0n) is 7.27. The predicted molar refractivity (Wildman–Crippen MR) is 44.7 cm³/mol. The van der Waals surface area contributed by atoms with Crippen molar-refractivity contribution in [1.82, 2.24) is 0 Å². The van der Waals surface area contributed by atoms with Gasteiger partial charge in [0.05, 0.1) is 5.57 Å². The molecule has 0 aromatic rings. The third kappa shape index (κ3) is 2.44. The smallest absolute Gasteiger partial charge is 0.344 e. The minimum atomic E-state index is -1.81. The second-order valence-electron chi connectivity index (χ2n) is 2.45. The standard InChI is InChI=1S/C8H8O6/c1-3(2)4(6(9)10)5(7(11)12)8(13)14/h1H2,2H3,(H,9,10)(H,11,12)(H,13,14). The van der Waals surface area contributed by atoms with Crippen LogP contribution >= 0.6 is 0 Å². The van der Waals surface area contributed by atoms with Crippen LogP contribution in [0.2, 0.25) is 0 Å². The minimum Gasteiger partial charge on any atom is -0.478 e. The van der Waals surface area contributed by atoms with Crippen LogP contribution in [0.5, 0.6) is 0 Å². The lowest BCUT2D eigenvalue weighted by molar-refractivity contribution is -0.142. The highest BCUT2D eigenvalue weighted by molar-refractivity contribution is 6.18. The zero-order chi connectivity index (χ0) is 11.5. The SMILES string of the molecule is C=C(C)C(C(=O)O)=C(C(=O)O)C(=O)O. The van der Waals surface area contributed by atoms with E-state index in [1.807, 2.05) is 0 Å². The van der Waals surface area contributed by atoms with E-state index in [4.69, 9.17) is 15.3 Å². The molecule has 0 rings (SSSR count). The van der Waals surface area contributed by atoms with Gasteiger partial charge in [0, 0.05) is 0 Å². The van der Waals surface area contributed by atoms with Gasteiger partial charge in [-0.25, -0.2) is 14.4 Å². The molecule has 3 N–H and O–H groups in total. The summed E-state index contributed by atoms with van der Waals surface area (Å²) in [5, 5.41) is 25.5. The molecular weight excluding hydrogens is 192 g/mol. The van der Waals surface area contributed by atoms with Gasteiger partial charge in [-0.3, -0.25) is 0 Å². The van der Waals surface area contributed by atoms with Crippen molar-refractivity contribution in [1.29, 1.82) is 0 Å². The van der Waals surface area contributed by atoms with Crippen molar-refractivity contribution < 1.29 is 29.7 Å². The quantitative estimate of drug-likeness (QED) is 0.257. The second kappa shape index (κ2) is 4.22. The molecule has 0 fully saturated rings. The van der Waals surface area contributed by atoms with E-state index < -0.39 is 29.1 Å². The van der Waals surface area contributed by atoms with Crippen LogP contribution in [0.3, 0.4) is 0 Å². The molecule has 0 aliphatic heterocycles. The van der Waals surface area contributed by atoms with Gasteiger partial charge in [0.1, 0.15) is 0 Å². The first-order valence-electron chi connectivity index (χ1n) is 3.39. The summed E-state index contributed by atoms with van der Waals surface area (Å²) in [6.07, 6.45) is 0. The molecule has 0 amide bonds. The fourth-order valence-electron chi connectivity index (χ4n) is 0.808. The zero-order valence-corrected chi connectivity index (χ0v) is 7.27. The van der Waals surface area contributed by atoms with Gasteiger partial charge in [-0.2, -0.15) is 0 Å². The average molecular weight is 200 g/mol. The monoisotopic (exact) mass is 200 g/mol. The normalized spacial score (nSPS) is 8.93. The van der Waals surface area contributed by atoms with E-state index in [0.29, 0.717) is 0 Å². The molecule has 0 atom stereocenters. The molecule has 6 heteroatoms.